The van der Waals surface area contributed by atoms with Crippen LogP contribution in [0.5, 0.6) is 0 Å². The SMILES string of the molecule is O=C(NS(=O)(=O)c1c(Cl)cc(Cl)cc1Cl)N1CC=CN1. The molecule has 0 fully saturated rings. The standard InChI is InChI=1S/C10H8Cl3N3O3S/c11-6-4-7(12)9(8(13)5-6)20(18,19)15-10(17)16-3-1-2-14-16/h1-2,4-5,14H,3H2,(H,15,17). The van der Waals surface area contributed by atoms with Gasteiger partial charge in [0.15, 0.2) is 0 Å². The summed E-state index contributed by atoms with van der Waals surface area (Å²) < 4.78 is 26.1. The number of sulfonamides is 1. The monoisotopic (exact) mass is 355 g/mol. The second kappa shape index (κ2) is 5.69. The number of carbonyl (C=O) groups excluding carboxylic acids is 1. The fourth-order valence-corrected chi connectivity index (χ4v) is 4.00. The second-order valence-electron chi connectivity index (χ2n) is 3.75. The lowest BCUT2D eigenvalue weighted by Gasteiger charge is -2.17. The van der Waals surface area contributed by atoms with E-state index in [4.69, 9.17) is 34.8 Å². The van der Waals surface area contributed by atoms with Crippen molar-refractivity contribution in [3.63, 3.8) is 0 Å². The Kier molecular flexibility index (Phi) is 4.33. The Morgan fingerprint density at radius 3 is 2.35 bits per heavy atom. The third-order valence-corrected chi connectivity index (χ3v) is 4.79. The normalized spacial score (nSPS) is 14.2. The van der Waals surface area contributed by atoms with Gasteiger partial charge in [0.2, 0.25) is 0 Å². The van der Waals surface area contributed by atoms with Gasteiger partial charge in [0.1, 0.15) is 4.90 Å². The average Bonchev–Trinajstić information content (AvgIpc) is 2.78. The van der Waals surface area contributed by atoms with Crippen molar-refractivity contribution in [2.24, 2.45) is 0 Å². The topological polar surface area (TPSA) is 78.5 Å². The largest absolute Gasteiger partial charge is 0.350 e. The fourth-order valence-electron chi connectivity index (χ4n) is 1.50. The van der Waals surface area contributed by atoms with E-state index in [1.807, 2.05) is 4.72 Å². The highest BCUT2D eigenvalue weighted by Crippen LogP contribution is 2.32. The number of halogens is 3. The molecule has 1 aromatic carbocycles. The van der Waals surface area contributed by atoms with Gasteiger partial charge in [-0.15, -0.1) is 0 Å². The fraction of sp³-hybridized carbons (Fsp3) is 0.100. The maximum absolute atomic E-state index is 12.1. The van der Waals surface area contributed by atoms with Gasteiger partial charge < -0.3 is 5.43 Å². The van der Waals surface area contributed by atoms with Crippen molar-refractivity contribution >= 4 is 50.9 Å². The first-order chi connectivity index (χ1) is 9.31. The summed E-state index contributed by atoms with van der Waals surface area (Å²) in [6.07, 6.45) is 3.16. The van der Waals surface area contributed by atoms with Crippen LogP contribution in [0.4, 0.5) is 4.79 Å². The molecule has 6 nitrogen and oxygen atoms in total. The number of nitrogens with zero attached hydrogens (tertiary/aromatic N) is 1. The van der Waals surface area contributed by atoms with Gasteiger partial charge in [0.25, 0.3) is 10.0 Å². The van der Waals surface area contributed by atoms with Crippen LogP contribution in [-0.4, -0.2) is 26.0 Å². The minimum Gasteiger partial charge on any atom is -0.302 e. The summed E-state index contributed by atoms with van der Waals surface area (Å²) in [5, 5.41) is 0.913. The summed E-state index contributed by atoms with van der Waals surface area (Å²) in [7, 11) is -4.21. The van der Waals surface area contributed by atoms with E-state index in [-0.39, 0.29) is 21.6 Å². The summed E-state index contributed by atoms with van der Waals surface area (Å²) in [4.78, 5) is 11.3. The molecule has 1 aliphatic heterocycles. The number of nitrogens with one attached hydrogen (secondary N) is 2. The number of hydrogen-bond acceptors (Lipinski definition) is 4. The molecule has 0 saturated heterocycles. The van der Waals surface area contributed by atoms with E-state index < -0.39 is 20.9 Å². The number of amides is 2. The van der Waals surface area contributed by atoms with Gasteiger partial charge in [0.05, 0.1) is 16.6 Å². The summed E-state index contributed by atoms with van der Waals surface area (Å²) in [6, 6.07) is 1.60. The molecule has 108 valence electrons. The second-order valence-corrected chi connectivity index (χ2v) is 6.62. The number of urea groups is 1. The summed E-state index contributed by atoms with van der Waals surface area (Å²) >= 11 is 17.3. The Labute approximate surface area is 130 Å². The van der Waals surface area contributed by atoms with E-state index in [0.29, 0.717) is 0 Å². The highest BCUT2D eigenvalue weighted by Gasteiger charge is 2.27. The van der Waals surface area contributed by atoms with Crippen LogP contribution in [0.2, 0.25) is 15.1 Å². The maximum atomic E-state index is 12.1. The van der Waals surface area contributed by atoms with Crippen molar-refractivity contribution in [3.05, 3.63) is 39.5 Å². The van der Waals surface area contributed by atoms with Crippen molar-refractivity contribution in [2.45, 2.75) is 4.90 Å². The summed E-state index contributed by atoms with van der Waals surface area (Å²) in [5.41, 5.74) is 2.56. The number of rotatable bonds is 2. The predicted molar refractivity (Wildman–Crippen MR) is 76.2 cm³/mol. The molecule has 0 unspecified atom stereocenters. The molecule has 1 aromatic rings. The highest BCUT2D eigenvalue weighted by molar-refractivity contribution is 7.90. The van der Waals surface area contributed by atoms with E-state index >= 15 is 0 Å². The van der Waals surface area contributed by atoms with Crippen LogP contribution < -0.4 is 10.1 Å². The van der Waals surface area contributed by atoms with Gasteiger partial charge >= 0.3 is 6.03 Å². The van der Waals surface area contributed by atoms with Crippen LogP contribution in [0.25, 0.3) is 0 Å². The van der Waals surface area contributed by atoms with Gasteiger partial charge in [-0.05, 0) is 18.2 Å². The van der Waals surface area contributed by atoms with Crippen molar-refractivity contribution in [2.75, 3.05) is 6.54 Å². The lowest BCUT2D eigenvalue weighted by Crippen LogP contribution is -2.46. The molecule has 0 atom stereocenters. The van der Waals surface area contributed by atoms with Gasteiger partial charge in [0, 0.05) is 11.2 Å². The van der Waals surface area contributed by atoms with E-state index in [9.17, 15) is 13.2 Å². The molecule has 0 aliphatic carbocycles. The Hall–Kier alpha value is -1.15. The molecule has 2 rings (SSSR count). The molecular formula is C10H8Cl3N3O3S. The van der Waals surface area contributed by atoms with E-state index in [0.717, 1.165) is 5.01 Å². The van der Waals surface area contributed by atoms with Gasteiger partial charge in [-0.3, -0.25) is 0 Å². The molecule has 0 radical (unpaired) electrons. The zero-order valence-electron chi connectivity index (χ0n) is 9.73. The first-order valence-electron chi connectivity index (χ1n) is 5.21. The molecule has 0 aromatic heterocycles. The Morgan fingerprint density at radius 2 is 1.85 bits per heavy atom. The molecule has 2 amide bonds. The van der Waals surface area contributed by atoms with Crippen LogP contribution in [0, 0.1) is 0 Å². The van der Waals surface area contributed by atoms with Crippen LogP contribution >= 0.6 is 34.8 Å². The van der Waals surface area contributed by atoms with E-state index in [2.05, 4.69) is 5.43 Å². The van der Waals surface area contributed by atoms with E-state index in [1.165, 1.54) is 18.3 Å². The first kappa shape index (κ1) is 15.2. The molecule has 0 saturated carbocycles. The third-order valence-electron chi connectivity index (χ3n) is 2.33. The van der Waals surface area contributed by atoms with Crippen LogP contribution in [-0.2, 0) is 10.0 Å². The minimum absolute atomic E-state index is 0.171. The number of hydrazine groups is 1. The number of hydrogen-bond donors (Lipinski definition) is 2. The Balaban J connectivity index is 2.29. The maximum Gasteiger partial charge on any atom is 0.350 e. The molecule has 0 spiro atoms. The number of benzene rings is 1. The van der Waals surface area contributed by atoms with Crippen molar-refractivity contribution < 1.29 is 13.2 Å². The van der Waals surface area contributed by atoms with Gasteiger partial charge in [-0.25, -0.2) is 22.9 Å². The van der Waals surface area contributed by atoms with Gasteiger partial charge in [-0.1, -0.05) is 34.8 Å². The number of carbonyl (C=O) groups is 1. The van der Waals surface area contributed by atoms with Gasteiger partial charge in [-0.2, -0.15) is 0 Å². The van der Waals surface area contributed by atoms with Crippen LogP contribution in [0.15, 0.2) is 29.3 Å². The minimum atomic E-state index is -4.21. The first-order valence-corrected chi connectivity index (χ1v) is 7.83. The molecule has 1 heterocycles. The Morgan fingerprint density at radius 1 is 1.25 bits per heavy atom. The third kappa shape index (κ3) is 3.12. The van der Waals surface area contributed by atoms with Crippen molar-refractivity contribution in [3.8, 4) is 0 Å². The summed E-state index contributed by atoms with van der Waals surface area (Å²) in [6.45, 7) is 0.240. The summed E-state index contributed by atoms with van der Waals surface area (Å²) in [5.74, 6) is 0. The molecule has 1 aliphatic rings. The Bertz CT molecular complexity index is 659. The molecule has 2 N–H and O–H groups in total. The van der Waals surface area contributed by atoms with Crippen LogP contribution in [0.3, 0.4) is 0 Å². The van der Waals surface area contributed by atoms with Crippen LogP contribution in [0.1, 0.15) is 0 Å². The lowest BCUT2D eigenvalue weighted by molar-refractivity contribution is 0.200. The van der Waals surface area contributed by atoms with Crippen molar-refractivity contribution in [1.29, 1.82) is 0 Å². The van der Waals surface area contributed by atoms with E-state index in [1.54, 1.807) is 6.08 Å². The average molecular weight is 357 g/mol. The molecular weight excluding hydrogens is 349 g/mol. The molecule has 10 heteroatoms. The predicted octanol–water partition coefficient (Wildman–Crippen LogP) is 2.38. The smallest absolute Gasteiger partial charge is 0.302 e. The quantitative estimate of drug-likeness (QED) is 0.853. The zero-order chi connectivity index (χ0) is 14.9. The lowest BCUT2D eigenvalue weighted by atomic mass is 10.4. The zero-order valence-corrected chi connectivity index (χ0v) is 12.8. The van der Waals surface area contributed by atoms with Crippen molar-refractivity contribution in [1.82, 2.24) is 15.2 Å². The molecule has 20 heavy (non-hydrogen) atoms. The molecule has 0 bridgehead atoms. The highest BCUT2D eigenvalue weighted by atomic mass is 35.5.